The number of amides is 1. The Morgan fingerprint density at radius 2 is 2.05 bits per heavy atom. The molecule has 3 heterocycles. The van der Waals surface area contributed by atoms with Crippen LogP contribution in [0.3, 0.4) is 0 Å². The molecule has 2 N–H and O–H groups in total. The van der Waals surface area contributed by atoms with Gasteiger partial charge in [0.25, 0.3) is 5.91 Å². The summed E-state index contributed by atoms with van der Waals surface area (Å²) >= 11 is 6.34. The Hall–Kier alpha value is -3.69. The zero-order valence-corrected chi connectivity index (χ0v) is 21.8. The molecule has 0 saturated carbocycles. The molecule has 0 saturated heterocycles. The average Bonchev–Trinajstić information content (AvgIpc) is 3.55. The third-order valence-electron chi connectivity index (χ3n) is 6.69. The number of benzene rings is 2. The number of ether oxygens (including phenoxy) is 2. The molecular weight excluding hydrogens is 498 g/mol. The first-order valence-electron chi connectivity index (χ1n) is 11.9. The highest BCUT2D eigenvalue weighted by Crippen LogP contribution is 2.47. The van der Waals surface area contributed by atoms with Crippen molar-refractivity contribution in [1.29, 1.82) is 0 Å². The van der Waals surface area contributed by atoms with Crippen molar-refractivity contribution in [2.45, 2.75) is 12.8 Å². The number of aromatic hydroxyl groups is 1. The summed E-state index contributed by atoms with van der Waals surface area (Å²) in [6, 6.07) is 8.63. The number of nitrogens with zero attached hydrogens (tertiary/aromatic N) is 2. The minimum Gasteiger partial charge on any atom is -0.506 e. The largest absolute Gasteiger partial charge is 0.506 e. The van der Waals surface area contributed by atoms with Crippen LogP contribution < -0.4 is 9.64 Å². The highest BCUT2D eigenvalue weighted by atomic mass is 35.5. The first kappa shape index (κ1) is 25.0. The zero-order valence-electron chi connectivity index (χ0n) is 21.1. The summed E-state index contributed by atoms with van der Waals surface area (Å²) in [5, 5.41) is 12.1. The maximum Gasteiger partial charge on any atom is 0.340 e. The SMILES string of the molecule is COC(=O)c1c(C)[nH]c2c(O)cc3c(c12)[C@H](CCl)CN3C(=O)c1cc2cc(OCCN(C)C)ccc2o1. The van der Waals surface area contributed by atoms with Gasteiger partial charge in [0.2, 0.25) is 0 Å². The molecule has 0 spiro atoms. The second kappa shape index (κ2) is 9.64. The van der Waals surface area contributed by atoms with E-state index in [0.29, 0.717) is 51.4 Å². The standard InChI is InChI=1S/C27H28ClN3O6/c1-14-22(27(34)35-4)24-23-16(12-28)13-31(18(23)11-19(32)25(24)29-14)26(33)21-10-15-9-17(5-6-20(15)37-21)36-8-7-30(2)3/h5-6,9-11,16,29,32H,7-8,12-13H2,1-4H3/t16-/m1/s1. The molecule has 194 valence electrons. The lowest BCUT2D eigenvalue weighted by Gasteiger charge is -2.16. The van der Waals surface area contributed by atoms with E-state index in [2.05, 4.69) is 4.98 Å². The molecule has 0 bridgehead atoms. The number of alkyl halides is 1. The number of hydrogen-bond donors (Lipinski definition) is 2. The van der Waals surface area contributed by atoms with Gasteiger partial charge < -0.3 is 33.8 Å². The number of nitrogens with one attached hydrogen (secondary N) is 1. The Morgan fingerprint density at radius 3 is 2.76 bits per heavy atom. The van der Waals surface area contributed by atoms with Gasteiger partial charge in [-0.25, -0.2) is 4.79 Å². The van der Waals surface area contributed by atoms with Crippen LogP contribution >= 0.6 is 11.6 Å². The zero-order chi connectivity index (χ0) is 26.4. The van der Waals surface area contributed by atoms with Gasteiger partial charge in [0.1, 0.15) is 23.7 Å². The quantitative estimate of drug-likeness (QED) is 0.267. The van der Waals surface area contributed by atoms with Crippen LogP contribution in [0.25, 0.3) is 21.9 Å². The molecule has 0 fully saturated rings. The van der Waals surface area contributed by atoms with Crippen LogP contribution in [0.1, 0.15) is 38.1 Å². The number of H-pyrrole nitrogens is 1. The number of phenols is 1. The minimum absolute atomic E-state index is 0.0795. The number of esters is 1. The number of anilines is 1. The van der Waals surface area contributed by atoms with Crippen molar-refractivity contribution in [3.8, 4) is 11.5 Å². The summed E-state index contributed by atoms with van der Waals surface area (Å²) in [6.07, 6.45) is 0. The number of fused-ring (bicyclic) bond motifs is 4. The van der Waals surface area contributed by atoms with Crippen LogP contribution in [-0.2, 0) is 4.74 Å². The van der Waals surface area contributed by atoms with Crippen LogP contribution in [-0.4, -0.2) is 73.6 Å². The van der Waals surface area contributed by atoms with Gasteiger partial charge in [0.15, 0.2) is 5.76 Å². The van der Waals surface area contributed by atoms with Gasteiger partial charge in [-0.1, -0.05) is 0 Å². The molecule has 1 amide bonds. The van der Waals surface area contributed by atoms with E-state index in [4.69, 9.17) is 25.5 Å². The number of phenolic OH excluding ortho intramolecular Hbond substituents is 1. The number of rotatable bonds is 7. The Bertz CT molecular complexity index is 1520. The number of hydrogen-bond acceptors (Lipinski definition) is 7. The van der Waals surface area contributed by atoms with E-state index in [0.717, 1.165) is 11.9 Å². The Labute approximate surface area is 218 Å². The third-order valence-corrected chi connectivity index (χ3v) is 7.06. The molecule has 37 heavy (non-hydrogen) atoms. The van der Waals surface area contributed by atoms with Crippen molar-refractivity contribution >= 4 is 51.0 Å². The minimum atomic E-state index is -0.532. The van der Waals surface area contributed by atoms with Gasteiger partial charge in [0.05, 0.1) is 23.9 Å². The molecule has 0 unspecified atom stereocenters. The Balaban J connectivity index is 1.54. The van der Waals surface area contributed by atoms with Gasteiger partial charge in [-0.05, 0) is 50.8 Å². The van der Waals surface area contributed by atoms with Gasteiger partial charge >= 0.3 is 5.97 Å². The number of aromatic nitrogens is 1. The maximum absolute atomic E-state index is 13.7. The predicted octanol–water partition coefficient (Wildman–Crippen LogP) is 4.64. The highest BCUT2D eigenvalue weighted by molar-refractivity contribution is 6.20. The molecule has 2 aromatic carbocycles. The summed E-state index contributed by atoms with van der Waals surface area (Å²) in [6.45, 7) is 3.33. The molecule has 1 aliphatic heterocycles. The third kappa shape index (κ3) is 4.28. The Kier molecular flexibility index (Phi) is 6.51. The fourth-order valence-corrected chi connectivity index (χ4v) is 5.16. The van der Waals surface area contributed by atoms with Crippen molar-refractivity contribution in [2.24, 2.45) is 0 Å². The van der Waals surface area contributed by atoms with E-state index in [1.807, 2.05) is 31.1 Å². The molecule has 4 aromatic rings. The Morgan fingerprint density at radius 1 is 1.27 bits per heavy atom. The molecule has 5 rings (SSSR count). The number of aryl methyl sites for hydroxylation is 1. The fourth-order valence-electron chi connectivity index (χ4n) is 4.91. The normalized spacial score (nSPS) is 15.1. The van der Waals surface area contributed by atoms with Gasteiger partial charge in [-0.2, -0.15) is 0 Å². The average molecular weight is 526 g/mol. The number of carbonyl (C=O) groups is 2. The summed E-state index contributed by atoms with van der Waals surface area (Å²) in [4.78, 5) is 32.9. The van der Waals surface area contributed by atoms with Crippen LogP contribution in [0.5, 0.6) is 11.5 Å². The molecule has 1 atom stereocenters. The van der Waals surface area contributed by atoms with Gasteiger partial charge in [-0.15, -0.1) is 11.6 Å². The van der Waals surface area contributed by atoms with Crippen molar-refractivity contribution < 1.29 is 28.6 Å². The molecule has 0 radical (unpaired) electrons. The van der Waals surface area contributed by atoms with Gasteiger partial charge in [-0.3, -0.25) is 4.79 Å². The first-order chi connectivity index (χ1) is 17.7. The van der Waals surface area contributed by atoms with E-state index in [1.54, 1.807) is 19.1 Å². The smallest absolute Gasteiger partial charge is 0.340 e. The van der Waals surface area contributed by atoms with E-state index in [1.165, 1.54) is 18.1 Å². The molecule has 0 aliphatic carbocycles. The topological polar surface area (TPSA) is 108 Å². The molecule has 10 heteroatoms. The monoisotopic (exact) mass is 525 g/mol. The molecule has 9 nitrogen and oxygen atoms in total. The van der Waals surface area contributed by atoms with E-state index >= 15 is 0 Å². The first-order valence-corrected chi connectivity index (χ1v) is 12.4. The maximum atomic E-state index is 13.7. The summed E-state index contributed by atoms with van der Waals surface area (Å²) in [5.74, 6) is -0.184. The highest BCUT2D eigenvalue weighted by Gasteiger charge is 2.38. The number of methoxy groups -OCH3 is 1. The summed E-state index contributed by atoms with van der Waals surface area (Å²) in [7, 11) is 5.26. The number of carbonyl (C=O) groups excluding carboxylic acids is 2. The number of aromatic amines is 1. The predicted molar refractivity (Wildman–Crippen MR) is 141 cm³/mol. The van der Waals surface area contributed by atoms with Crippen LogP contribution in [0, 0.1) is 6.92 Å². The fraction of sp³-hybridized carbons (Fsp3) is 0.333. The lowest BCUT2D eigenvalue weighted by atomic mass is 9.95. The van der Waals surface area contributed by atoms with Crippen molar-refractivity contribution in [1.82, 2.24) is 9.88 Å². The van der Waals surface area contributed by atoms with Crippen LogP contribution in [0.15, 0.2) is 34.7 Å². The second-order valence-electron chi connectivity index (χ2n) is 9.42. The number of halogens is 1. The summed E-state index contributed by atoms with van der Waals surface area (Å²) in [5.41, 5.74) is 3.05. The number of furan rings is 1. The van der Waals surface area contributed by atoms with E-state index in [9.17, 15) is 14.7 Å². The van der Waals surface area contributed by atoms with Crippen LogP contribution in [0.4, 0.5) is 5.69 Å². The van der Waals surface area contributed by atoms with Gasteiger partial charge in [0, 0.05) is 47.4 Å². The van der Waals surface area contributed by atoms with E-state index < -0.39 is 5.97 Å². The van der Waals surface area contributed by atoms with Crippen molar-refractivity contribution in [2.75, 3.05) is 51.7 Å². The molecular formula is C27H28ClN3O6. The lowest BCUT2D eigenvalue weighted by Crippen LogP contribution is -2.29. The van der Waals surface area contributed by atoms with Crippen molar-refractivity contribution in [3.63, 3.8) is 0 Å². The van der Waals surface area contributed by atoms with E-state index in [-0.39, 0.29) is 35.8 Å². The molecule has 1 aliphatic rings. The number of likely N-dealkylation sites (N-methyl/N-ethyl adjacent to an activating group) is 1. The molecule has 2 aromatic heterocycles. The lowest BCUT2D eigenvalue weighted by molar-refractivity contribution is 0.0602. The van der Waals surface area contributed by atoms with Crippen molar-refractivity contribution in [3.05, 3.63) is 52.9 Å². The second-order valence-corrected chi connectivity index (χ2v) is 9.73. The van der Waals surface area contributed by atoms with Crippen LogP contribution in [0.2, 0.25) is 0 Å². The summed E-state index contributed by atoms with van der Waals surface area (Å²) < 4.78 is 16.7.